The maximum absolute atomic E-state index is 12.9. The summed E-state index contributed by atoms with van der Waals surface area (Å²) in [7, 11) is 0. The molecular formula is C5H6F2N4OS2. The van der Waals surface area contributed by atoms with Gasteiger partial charge in [-0.1, -0.05) is 11.8 Å². The van der Waals surface area contributed by atoms with Crippen molar-refractivity contribution in [2.45, 2.75) is 10.3 Å². The summed E-state index contributed by atoms with van der Waals surface area (Å²) in [6.07, 6.45) is 1.26. The molecule has 0 atom stereocenters. The SMILES string of the molecule is NNC(=O)C(F)(F)CSc1ncns1. The molecule has 0 aliphatic carbocycles. The molecule has 1 rings (SSSR count). The molecule has 0 aromatic carbocycles. The quantitative estimate of drug-likeness (QED) is 0.341. The van der Waals surface area contributed by atoms with Crippen molar-refractivity contribution in [2.75, 3.05) is 5.75 Å². The number of rotatable bonds is 4. The van der Waals surface area contributed by atoms with E-state index < -0.39 is 17.6 Å². The highest BCUT2D eigenvalue weighted by Crippen LogP contribution is 2.26. The van der Waals surface area contributed by atoms with Gasteiger partial charge in [0, 0.05) is 0 Å². The van der Waals surface area contributed by atoms with Gasteiger partial charge in [-0.05, 0) is 11.5 Å². The van der Waals surface area contributed by atoms with Crippen LogP contribution in [0.1, 0.15) is 0 Å². The molecule has 1 amide bonds. The Morgan fingerprint density at radius 3 is 3.00 bits per heavy atom. The number of hydrogen-bond acceptors (Lipinski definition) is 6. The van der Waals surface area contributed by atoms with E-state index in [1.807, 2.05) is 0 Å². The third kappa shape index (κ3) is 2.86. The number of amides is 1. The molecule has 14 heavy (non-hydrogen) atoms. The third-order valence-electron chi connectivity index (χ3n) is 1.18. The predicted molar refractivity (Wildman–Crippen MR) is 47.9 cm³/mol. The second-order valence-electron chi connectivity index (χ2n) is 2.17. The van der Waals surface area contributed by atoms with Crippen molar-refractivity contribution in [3.63, 3.8) is 0 Å². The number of alkyl halides is 2. The lowest BCUT2D eigenvalue weighted by Gasteiger charge is -2.11. The Labute approximate surface area is 86.2 Å². The van der Waals surface area contributed by atoms with Crippen molar-refractivity contribution in [1.82, 2.24) is 14.8 Å². The minimum absolute atomic E-state index is 0.384. The normalized spacial score (nSPS) is 11.4. The van der Waals surface area contributed by atoms with Crippen molar-refractivity contribution >= 4 is 29.2 Å². The molecule has 0 saturated heterocycles. The Bertz CT molecular complexity index is 305. The van der Waals surface area contributed by atoms with E-state index >= 15 is 0 Å². The first kappa shape index (κ1) is 11.3. The summed E-state index contributed by atoms with van der Waals surface area (Å²) in [6, 6.07) is 0. The van der Waals surface area contributed by atoms with Crippen LogP contribution in [0.25, 0.3) is 0 Å². The van der Waals surface area contributed by atoms with Gasteiger partial charge in [-0.15, -0.1) is 0 Å². The fourth-order valence-electron chi connectivity index (χ4n) is 0.550. The smallest absolute Gasteiger partial charge is 0.289 e. The Balaban J connectivity index is 2.48. The fraction of sp³-hybridized carbons (Fsp3) is 0.400. The Morgan fingerprint density at radius 2 is 2.50 bits per heavy atom. The van der Waals surface area contributed by atoms with Gasteiger partial charge in [0.2, 0.25) is 0 Å². The zero-order valence-corrected chi connectivity index (χ0v) is 8.37. The zero-order chi connectivity index (χ0) is 10.6. The van der Waals surface area contributed by atoms with E-state index in [2.05, 4.69) is 15.2 Å². The maximum Gasteiger partial charge on any atom is 0.335 e. The van der Waals surface area contributed by atoms with Crippen LogP contribution in [0.3, 0.4) is 0 Å². The van der Waals surface area contributed by atoms with Crippen molar-refractivity contribution in [3.05, 3.63) is 6.33 Å². The first-order valence-corrected chi connectivity index (χ1v) is 5.10. The lowest BCUT2D eigenvalue weighted by Crippen LogP contribution is -2.45. The van der Waals surface area contributed by atoms with Crippen LogP contribution < -0.4 is 11.3 Å². The topological polar surface area (TPSA) is 80.9 Å². The molecular weight excluding hydrogens is 234 g/mol. The zero-order valence-electron chi connectivity index (χ0n) is 6.74. The largest absolute Gasteiger partial charge is 0.335 e. The number of nitrogens with one attached hydrogen (secondary N) is 1. The van der Waals surface area contributed by atoms with Crippen LogP contribution >= 0.6 is 23.3 Å². The molecule has 1 heterocycles. The highest BCUT2D eigenvalue weighted by atomic mass is 32.2. The van der Waals surface area contributed by atoms with Crippen molar-refractivity contribution < 1.29 is 13.6 Å². The van der Waals surface area contributed by atoms with Crippen LogP contribution in [0.15, 0.2) is 10.7 Å². The summed E-state index contributed by atoms with van der Waals surface area (Å²) in [4.78, 5) is 14.2. The number of aromatic nitrogens is 2. The van der Waals surface area contributed by atoms with Crippen LogP contribution in [0.5, 0.6) is 0 Å². The molecule has 0 fully saturated rings. The number of carbonyl (C=O) groups is 1. The summed E-state index contributed by atoms with van der Waals surface area (Å²) in [5, 5.41) is 0. The number of halogens is 2. The molecule has 1 aromatic heterocycles. The summed E-state index contributed by atoms with van der Waals surface area (Å²) in [5.74, 6) is -1.11. The Hall–Kier alpha value is -0.800. The van der Waals surface area contributed by atoms with Gasteiger partial charge >= 0.3 is 11.8 Å². The van der Waals surface area contributed by atoms with E-state index in [-0.39, 0.29) is 0 Å². The van der Waals surface area contributed by atoms with Gasteiger partial charge in [-0.2, -0.15) is 13.2 Å². The van der Waals surface area contributed by atoms with Crippen LogP contribution in [0.2, 0.25) is 0 Å². The summed E-state index contributed by atoms with van der Waals surface area (Å²) < 4.78 is 29.7. The average Bonchev–Trinajstić information content (AvgIpc) is 2.66. The van der Waals surface area contributed by atoms with Gasteiger partial charge < -0.3 is 0 Å². The number of thioether (sulfide) groups is 1. The maximum atomic E-state index is 12.9. The van der Waals surface area contributed by atoms with Gasteiger partial charge in [0.15, 0.2) is 4.34 Å². The molecule has 1 aromatic rings. The first-order chi connectivity index (χ1) is 6.56. The molecule has 9 heteroatoms. The average molecular weight is 240 g/mol. The molecule has 3 N–H and O–H groups in total. The van der Waals surface area contributed by atoms with Gasteiger partial charge in [0.05, 0.1) is 5.75 Å². The Morgan fingerprint density at radius 1 is 1.79 bits per heavy atom. The van der Waals surface area contributed by atoms with Crippen molar-refractivity contribution in [1.29, 1.82) is 0 Å². The fourth-order valence-corrected chi connectivity index (χ4v) is 1.90. The van der Waals surface area contributed by atoms with E-state index in [0.717, 1.165) is 23.3 Å². The predicted octanol–water partition coefficient (Wildman–Crippen LogP) is 0.255. The van der Waals surface area contributed by atoms with Crippen molar-refractivity contribution in [3.8, 4) is 0 Å². The summed E-state index contributed by atoms with van der Waals surface area (Å²) >= 11 is 1.74. The molecule has 0 spiro atoms. The molecule has 78 valence electrons. The van der Waals surface area contributed by atoms with Crippen molar-refractivity contribution in [2.24, 2.45) is 5.84 Å². The number of nitrogens with two attached hydrogens (primary N) is 1. The van der Waals surface area contributed by atoms with E-state index in [4.69, 9.17) is 0 Å². The molecule has 0 saturated carbocycles. The number of carbonyl (C=O) groups excluding carboxylic acids is 1. The molecule has 0 unspecified atom stereocenters. The standard InChI is InChI=1S/C5H6F2N4OS2/c6-5(7,3(12)11-8)1-13-4-9-2-10-14-4/h2H,1,8H2,(H,11,12). The van der Waals surface area contributed by atoms with Gasteiger partial charge in [-0.25, -0.2) is 10.8 Å². The van der Waals surface area contributed by atoms with Gasteiger partial charge in [0.25, 0.3) is 0 Å². The van der Waals surface area contributed by atoms with Gasteiger partial charge in [-0.3, -0.25) is 10.2 Å². The minimum atomic E-state index is -3.49. The second kappa shape index (κ2) is 4.62. The number of hydrazine groups is 1. The van der Waals surface area contributed by atoms with Crippen LogP contribution in [-0.4, -0.2) is 26.9 Å². The molecule has 0 aliphatic heterocycles. The van der Waals surface area contributed by atoms with Crippen LogP contribution in [0, 0.1) is 0 Å². The lowest BCUT2D eigenvalue weighted by atomic mass is 10.4. The summed E-state index contributed by atoms with van der Waals surface area (Å²) in [6.45, 7) is 0. The van der Waals surface area contributed by atoms with Crippen LogP contribution in [0.4, 0.5) is 8.78 Å². The van der Waals surface area contributed by atoms with E-state index in [9.17, 15) is 13.6 Å². The lowest BCUT2D eigenvalue weighted by molar-refractivity contribution is -0.142. The monoisotopic (exact) mass is 240 g/mol. The molecule has 5 nitrogen and oxygen atoms in total. The number of hydrogen-bond donors (Lipinski definition) is 2. The molecule has 0 bridgehead atoms. The highest BCUT2D eigenvalue weighted by Gasteiger charge is 2.38. The molecule has 0 aliphatic rings. The number of nitrogens with zero attached hydrogens (tertiary/aromatic N) is 2. The minimum Gasteiger partial charge on any atom is -0.289 e. The van der Waals surface area contributed by atoms with E-state index in [1.165, 1.54) is 11.8 Å². The Kier molecular flexibility index (Phi) is 3.72. The molecule has 0 radical (unpaired) electrons. The first-order valence-electron chi connectivity index (χ1n) is 3.34. The van der Waals surface area contributed by atoms with Crippen LogP contribution in [-0.2, 0) is 4.79 Å². The van der Waals surface area contributed by atoms with E-state index in [1.54, 1.807) is 0 Å². The highest BCUT2D eigenvalue weighted by molar-refractivity contribution is 8.01. The van der Waals surface area contributed by atoms with E-state index in [0.29, 0.717) is 4.34 Å². The second-order valence-corrected chi connectivity index (χ2v) is 4.18. The third-order valence-corrected chi connectivity index (χ3v) is 3.08. The summed E-state index contributed by atoms with van der Waals surface area (Å²) in [5.41, 5.74) is 1.40. The van der Waals surface area contributed by atoms with Gasteiger partial charge in [0.1, 0.15) is 6.33 Å².